The standard InChI is InChI=1S/C18H22ClNO/c1-14(20(2)3)13-18(21,15-7-5-4-6-8-15)16-9-11-17(19)12-10-16/h4-12,14,21H,13H2,1-3H3. The molecule has 0 radical (unpaired) electrons. The first-order chi connectivity index (χ1) is 9.93. The summed E-state index contributed by atoms with van der Waals surface area (Å²) in [7, 11) is 4.05. The van der Waals surface area contributed by atoms with Gasteiger partial charge in [-0.15, -0.1) is 0 Å². The number of hydrogen-bond acceptors (Lipinski definition) is 2. The molecule has 0 amide bonds. The highest BCUT2D eigenvalue weighted by Crippen LogP contribution is 2.35. The molecule has 0 saturated carbocycles. The third-order valence-electron chi connectivity index (χ3n) is 4.05. The highest BCUT2D eigenvalue weighted by molar-refractivity contribution is 6.30. The Kier molecular flexibility index (Phi) is 5.04. The fourth-order valence-corrected chi connectivity index (χ4v) is 2.58. The zero-order valence-corrected chi connectivity index (χ0v) is 13.5. The van der Waals surface area contributed by atoms with Gasteiger partial charge in [-0.2, -0.15) is 0 Å². The van der Waals surface area contributed by atoms with Gasteiger partial charge in [0, 0.05) is 11.1 Å². The quantitative estimate of drug-likeness (QED) is 0.905. The monoisotopic (exact) mass is 303 g/mol. The van der Waals surface area contributed by atoms with Crippen molar-refractivity contribution in [2.45, 2.75) is 25.0 Å². The Bertz CT molecular complexity index is 568. The summed E-state index contributed by atoms with van der Waals surface area (Å²) in [4.78, 5) is 2.11. The molecule has 2 aromatic carbocycles. The molecule has 2 aromatic rings. The van der Waals surface area contributed by atoms with Crippen LogP contribution in [0.2, 0.25) is 5.02 Å². The Hall–Kier alpha value is -1.35. The largest absolute Gasteiger partial charge is 0.380 e. The molecule has 3 heteroatoms. The first-order valence-electron chi connectivity index (χ1n) is 7.14. The first kappa shape index (κ1) is 16.0. The number of aliphatic hydroxyl groups is 1. The molecule has 2 nitrogen and oxygen atoms in total. The third kappa shape index (κ3) is 3.65. The third-order valence-corrected chi connectivity index (χ3v) is 4.30. The van der Waals surface area contributed by atoms with Gasteiger partial charge in [0.05, 0.1) is 0 Å². The van der Waals surface area contributed by atoms with Crippen molar-refractivity contribution >= 4 is 11.6 Å². The average molecular weight is 304 g/mol. The highest BCUT2D eigenvalue weighted by atomic mass is 35.5. The summed E-state index contributed by atoms with van der Waals surface area (Å²) in [5.74, 6) is 0. The lowest BCUT2D eigenvalue weighted by Gasteiger charge is -2.34. The van der Waals surface area contributed by atoms with Crippen LogP contribution in [0.5, 0.6) is 0 Å². The molecule has 112 valence electrons. The van der Waals surface area contributed by atoms with Gasteiger partial charge >= 0.3 is 0 Å². The fraction of sp³-hybridized carbons (Fsp3) is 0.333. The number of rotatable bonds is 5. The minimum Gasteiger partial charge on any atom is -0.380 e. The summed E-state index contributed by atoms with van der Waals surface area (Å²) in [6.45, 7) is 2.11. The lowest BCUT2D eigenvalue weighted by molar-refractivity contribution is 0.0464. The maximum absolute atomic E-state index is 11.4. The predicted octanol–water partition coefficient (Wildman–Crippen LogP) is 3.92. The van der Waals surface area contributed by atoms with Crippen LogP contribution in [0, 0.1) is 0 Å². The molecule has 0 bridgehead atoms. The molecule has 0 fully saturated rings. The van der Waals surface area contributed by atoms with Crippen LogP contribution in [0.3, 0.4) is 0 Å². The van der Waals surface area contributed by atoms with Crippen LogP contribution >= 0.6 is 11.6 Å². The minimum absolute atomic E-state index is 0.242. The van der Waals surface area contributed by atoms with E-state index >= 15 is 0 Å². The van der Waals surface area contributed by atoms with Crippen LogP contribution in [0.25, 0.3) is 0 Å². The van der Waals surface area contributed by atoms with E-state index in [1.807, 2.05) is 68.7 Å². The predicted molar refractivity (Wildman–Crippen MR) is 88.7 cm³/mol. The normalized spacial score (nSPS) is 15.7. The molecule has 1 N–H and O–H groups in total. The molecule has 2 rings (SSSR count). The summed E-state index contributed by atoms with van der Waals surface area (Å²) < 4.78 is 0. The number of hydrogen-bond donors (Lipinski definition) is 1. The van der Waals surface area contributed by atoms with E-state index in [1.165, 1.54) is 0 Å². The van der Waals surface area contributed by atoms with E-state index in [2.05, 4.69) is 11.8 Å². The number of nitrogens with zero attached hydrogens (tertiary/aromatic N) is 1. The first-order valence-corrected chi connectivity index (χ1v) is 7.51. The van der Waals surface area contributed by atoms with E-state index in [1.54, 1.807) is 0 Å². The van der Waals surface area contributed by atoms with E-state index in [-0.39, 0.29) is 6.04 Å². The Morgan fingerprint density at radius 3 is 2.05 bits per heavy atom. The van der Waals surface area contributed by atoms with Crippen molar-refractivity contribution in [2.75, 3.05) is 14.1 Å². The molecule has 0 saturated heterocycles. The van der Waals surface area contributed by atoms with Gasteiger partial charge in [0.1, 0.15) is 5.60 Å². The molecule has 2 atom stereocenters. The van der Waals surface area contributed by atoms with Crippen molar-refractivity contribution < 1.29 is 5.11 Å². The van der Waals surface area contributed by atoms with Gasteiger partial charge in [0.25, 0.3) is 0 Å². The molecular weight excluding hydrogens is 282 g/mol. The summed E-state index contributed by atoms with van der Waals surface area (Å²) >= 11 is 5.97. The average Bonchev–Trinajstić information content (AvgIpc) is 2.48. The van der Waals surface area contributed by atoms with Crippen LogP contribution in [-0.2, 0) is 5.60 Å². The molecule has 0 spiro atoms. The zero-order valence-electron chi connectivity index (χ0n) is 12.8. The lowest BCUT2D eigenvalue weighted by atomic mass is 9.81. The number of halogens is 1. The van der Waals surface area contributed by atoms with E-state index in [0.717, 1.165) is 11.1 Å². The molecule has 0 heterocycles. The SMILES string of the molecule is CC(CC(O)(c1ccccc1)c1ccc(Cl)cc1)N(C)C. The van der Waals surface area contributed by atoms with Gasteiger partial charge in [-0.3, -0.25) is 0 Å². The molecule has 0 aliphatic rings. The van der Waals surface area contributed by atoms with Gasteiger partial charge in [-0.25, -0.2) is 0 Å². The van der Waals surface area contributed by atoms with Crippen molar-refractivity contribution in [2.24, 2.45) is 0 Å². The van der Waals surface area contributed by atoms with E-state index < -0.39 is 5.60 Å². The van der Waals surface area contributed by atoms with Gasteiger partial charge in [0.15, 0.2) is 0 Å². The Labute approximate surface area is 132 Å². The maximum atomic E-state index is 11.4. The van der Waals surface area contributed by atoms with Gasteiger partial charge < -0.3 is 10.0 Å². The van der Waals surface area contributed by atoms with Crippen molar-refractivity contribution in [3.8, 4) is 0 Å². The van der Waals surface area contributed by atoms with Gasteiger partial charge in [-0.05, 0) is 50.7 Å². The summed E-state index contributed by atoms with van der Waals surface area (Å²) in [5.41, 5.74) is 0.753. The van der Waals surface area contributed by atoms with Crippen molar-refractivity contribution in [3.05, 3.63) is 70.7 Å². The van der Waals surface area contributed by atoms with Gasteiger partial charge in [-0.1, -0.05) is 54.1 Å². The smallest absolute Gasteiger partial charge is 0.116 e. The van der Waals surface area contributed by atoms with Crippen LogP contribution in [0.15, 0.2) is 54.6 Å². The second kappa shape index (κ2) is 6.61. The fourth-order valence-electron chi connectivity index (χ4n) is 2.45. The highest BCUT2D eigenvalue weighted by Gasteiger charge is 2.33. The molecule has 0 aromatic heterocycles. The second-order valence-corrected chi connectivity index (χ2v) is 6.19. The molecule has 0 aliphatic carbocycles. The second-order valence-electron chi connectivity index (χ2n) is 5.75. The zero-order chi connectivity index (χ0) is 15.5. The Morgan fingerprint density at radius 2 is 1.52 bits per heavy atom. The Balaban J connectivity index is 2.46. The summed E-state index contributed by atoms with van der Waals surface area (Å²) in [6.07, 6.45) is 0.617. The molecule has 21 heavy (non-hydrogen) atoms. The van der Waals surface area contributed by atoms with E-state index in [4.69, 9.17) is 11.6 Å². The molecule has 0 aliphatic heterocycles. The van der Waals surface area contributed by atoms with Crippen LogP contribution in [0.4, 0.5) is 0 Å². The summed E-state index contributed by atoms with van der Waals surface area (Å²) in [5, 5.41) is 12.1. The van der Waals surface area contributed by atoms with Crippen molar-refractivity contribution in [1.82, 2.24) is 4.90 Å². The maximum Gasteiger partial charge on any atom is 0.116 e. The van der Waals surface area contributed by atoms with E-state index in [9.17, 15) is 5.11 Å². The van der Waals surface area contributed by atoms with Crippen LogP contribution in [-0.4, -0.2) is 30.1 Å². The van der Waals surface area contributed by atoms with Crippen LogP contribution in [0.1, 0.15) is 24.5 Å². The van der Waals surface area contributed by atoms with Crippen molar-refractivity contribution in [3.63, 3.8) is 0 Å². The van der Waals surface area contributed by atoms with Crippen LogP contribution < -0.4 is 0 Å². The molecule has 2 unspecified atom stereocenters. The van der Waals surface area contributed by atoms with Gasteiger partial charge in [0.2, 0.25) is 0 Å². The Morgan fingerprint density at radius 1 is 1.00 bits per heavy atom. The number of benzene rings is 2. The van der Waals surface area contributed by atoms with E-state index in [0.29, 0.717) is 11.4 Å². The van der Waals surface area contributed by atoms with Crippen molar-refractivity contribution in [1.29, 1.82) is 0 Å². The summed E-state index contributed by atoms with van der Waals surface area (Å²) in [6, 6.07) is 17.5. The topological polar surface area (TPSA) is 23.5 Å². The lowest BCUT2D eigenvalue weighted by Crippen LogP contribution is -2.37. The minimum atomic E-state index is -1.02. The molecular formula is C18H22ClNO.